The molecule has 4 aromatic rings. The van der Waals surface area contributed by atoms with Crippen molar-refractivity contribution in [3.8, 4) is 11.4 Å². The second-order valence-corrected chi connectivity index (χ2v) is 9.31. The minimum absolute atomic E-state index is 0.0785. The highest BCUT2D eigenvalue weighted by atomic mass is 32.2. The molecule has 0 unspecified atom stereocenters. The molecule has 1 fully saturated rings. The van der Waals surface area contributed by atoms with Crippen LogP contribution in [0.25, 0.3) is 11.4 Å². The molecule has 34 heavy (non-hydrogen) atoms. The number of hydrogen-bond acceptors (Lipinski definition) is 5. The van der Waals surface area contributed by atoms with Crippen molar-refractivity contribution in [3.05, 3.63) is 102 Å². The number of morpholine rings is 1. The van der Waals surface area contributed by atoms with Crippen LogP contribution in [0.1, 0.15) is 16.4 Å². The first-order valence-corrected chi connectivity index (χ1v) is 12.4. The number of aromatic nitrogens is 3. The average Bonchev–Trinajstić information content (AvgIpc) is 3.30. The maximum atomic E-state index is 13.6. The van der Waals surface area contributed by atoms with Crippen molar-refractivity contribution in [3.63, 3.8) is 0 Å². The monoisotopic (exact) mass is 474 g/mol. The topological polar surface area (TPSA) is 43.2 Å². The summed E-state index contributed by atoms with van der Waals surface area (Å²) in [5, 5.41) is 10.1. The molecular weight excluding hydrogens is 447 g/mol. The van der Waals surface area contributed by atoms with Gasteiger partial charge < -0.3 is 9.30 Å². The molecule has 7 heteroatoms. The molecule has 174 valence electrons. The molecule has 0 aliphatic carbocycles. The Morgan fingerprint density at radius 2 is 1.41 bits per heavy atom. The number of halogens is 1. The lowest BCUT2D eigenvalue weighted by Gasteiger charge is -2.27. The van der Waals surface area contributed by atoms with Crippen LogP contribution in [-0.2, 0) is 11.3 Å². The van der Waals surface area contributed by atoms with Gasteiger partial charge in [-0.25, -0.2) is 4.39 Å². The Balaban J connectivity index is 1.49. The van der Waals surface area contributed by atoms with E-state index in [2.05, 4.69) is 68.2 Å². The van der Waals surface area contributed by atoms with Crippen molar-refractivity contribution in [2.75, 3.05) is 32.8 Å². The fraction of sp³-hybridized carbons (Fsp3) is 0.259. The zero-order valence-corrected chi connectivity index (χ0v) is 19.7. The highest BCUT2D eigenvalue weighted by Crippen LogP contribution is 2.40. The van der Waals surface area contributed by atoms with Gasteiger partial charge in [-0.2, -0.15) is 0 Å². The van der Waals surface area contributed by atoms with E-state index in [0.29, 0.717) is 0 Å². The van der Waals surface area contributed by atoms with Crippen molar-refractivity contribution in [1.29, 1.82) is 0 Å². The molecular formula is C27H27FN4OS. The van der Waals surface area contributed by atoms with E-state index in [9.17, 15) is 4.39 Å². The normalized spacial score (nSPS) is 14.5. The molecule has 3 aromatic carbocycles. The predicted molar refractivity (Wildman–Crippen MR) is 133 cm³/mol. The fourth-order valence-electron chi connectivity index (χ4n) is 4.15. The van der Waals surface area contributed by atoms with Gasteiger partial charge in [-0.15, -0.1) is 10.2 Å². The zero-order valence-electron chi connectivity index (χ0n) is 18.9. The van der Waals surface area contributed by atoms with Gasteiger partial charge in [0, 0.05) is 31.7 Å². The standard InChI is InChI=1S/C27H27FN4OS/c28-24-13-11-23(12-14-24)26-29-30-27(32(26)16-15-31-17-19-33-20-18-31)34-25(21-7-3-1-4-8-21)22-9-5-2-6-10-22/h1-14,25H,15-20H2. The first kappa shape index (κ1) is 22.8. The summed E-state index contributed by atoms with van der Waals surface area (Å²) in [6, 6.07) is 27.4. The molecule has 0 N–H and O–H groups in total. The molecule has 1 aromatic heterocycles. The molecule has 0 saturated carbocycles. The largest absolute Gasteiger partial charge is 0.379 e. The Labute approximate surface area is 203 Å². The first-order valence-electron chi connectivity index (χ1n) is 11.5. The van der Waals surface area contributed by atoms with Crippen LogP contribution in [-0.4, -0.2) is 52.5 Å². The van der Waals surface area contributed by atoms with Crippen molar-refractivity contribution in [2.24, 2.45) is 0 Å². The Morgan fingerprint density at radius 3 is 2.03 bits per heavy atom. The summed E-state index contributed by atoms with van der Waals surface area (Å²) in [7, 11) is 0. The summed E-state index contributed by atoms with van der Waals surface area (Å²) in [5.74, 6) is 0.501. The number of benzene rings is 3. The van der Waals surface area contributed by atoms with Gasteiger partial charge in [-0.3, -0.25) is 4.90 Å². The van der Waals surface area contributed by atoms with Gasteiger partial charge in [0.15, 0.2) is 11.0 Å². The summed E-state index contributed by atoms with van der Waals surface area (Å²) < 4.78 is 21.3. The van der Waals surface area contributed by atoms with Crippen LogP contribution in [0.2, 0.25) is 0 Å². The summed E-state index contributed by atoms with van der Waals surface area (Å²) in [4.78, 5) is 2.40. The molecule has 5 rings (SSSR count). The number of ether oxygens (including phenoxy) is 1. The Kier molecular flexibility index (Phi) is 7.34. The molecule has 0 bridgehead atoms. The number of nitrogens with zero attached hydrogens (tertiary/aromatic N) is 4. The number of hydrogen-bond donors (Lipinski definition) is 0. The fourth-order valence-corrected chi connectivity index (χ4v) is 5.34. The molecule has 0 spiro atoms. The third-order valence-electron chi connectivity index (χ3n) is 5.99. The van der Waals surface area contributed by atoms with E-state index in [-0.39, 0.29) is 11.1 Å². The average molecular weight is 475 g/mol. The van der Waals surface area contributed by atoms with E-state index >= 15 is 0 Å². The summed E-state index contributed by atoms with van der Waals surface area (Å²) in [6.07, 6.45) is 0. The molecule has 0 radical (unpaired) electrons. The highest BCUT2D eigenvalue weighted by Gasteiger charge is 2.22. The lowest BCUT2D eigenvalue weighted by Crippen LogP contribution is -2.38. The molecule has 0 amide bonds. The van der Waals surface area contributed by atoms with Gasteiger partial charge in [0.05, 0.1) is 18.5 Å². The molecule has 5 nitrogen and oxygen atoms in total. The minimum Gasteiger partial charge on any atom is -0.379 e. The van der Waals surface area contributed by atoms with E-state index in [1.165, 1.54) is 23.3 Å². The van der Waals surface area contributed by atoms with Crippen LogP contribution >= 0.6 is 11.8 Å². The maximum Gasteiger partial charge on any atom is 0.192 e. The van der Waals surface area contributed by atoms with Crippen molar-refractivity contribution in [2.45, 2.75) is 17.0 Å². The lowest BCUT2D eigenvalue weighted by molar-refractivity contribution is 0.0361. The van der Waals surface area contributed by atoms with E-state index in [1.54, 1.807) is 23.9 Å². The number of rotatable bonds is 8. The van der Waals surface area contributed by atoms with Gasteiger partial charge in [0.2, 0.25) is 0 Å². The molecule has 2 heterocycles. The third-order valence-corrected chi connectivity index (χ3v) is 7.28. The van der Waals surface area contributed by atoms with Gasteiger partial charge in [0.1, 0.15) is 5.82 Å². The Morgan fingerprint density at radius 1 is 0.794 bits per heavy atom. The lowest BCUT2D eigenvalue weighted by atomic mass is 10.0. The van der Waals surface area contributed by atoms with Crippen LogP contribution in [0.3, 0.4) is 0 Å². The van der Waals surface area contributed by atoms with Gasteiger partial charge in [-0.1, -0.05) is 72.4 Å². The van der Waals surface area contributed by atoms with E-state index < -0.39 is 0 Å². The summed E-state index contributed by atoms with van der Waals surface area (Å²) in [6.45, 7) is 5.00. The number of thioether (sulfide) groups is 1. The molecule has 1 aliphatic rings. The van der Waals surface area contributed by atoms with E-state index in [4.69, 9.17) is 4.74 Å². The molecule has 1 saturated heterocycles. The van der Waals surface area contributed by atoms with Crippen molar-refractivity contribution >= 4 is 11.8 Å². The first-order chi connectivity index (χ1) is 16.8. The second kappa shape index (κ2) is 11.0. The van der Waals surface area contributed by atoms with Gasteiger partial charge in [-0.05, 0) is 35.4 Å². The van der Waals surface area contributed by atoms with Crippen molar-refractivity contribution < 1.29 is 9.13 Å². The van der Waals surface area contributed by atoms with Crippen LogP contribution in [0.15, 0.2) is 90.1 Å². The van der Waals surface area contributed by atoms with Crippen LogP contribution < -0.4 is 0 Å². The van der Waals surface area contributed by atoms with Crippen LogP contribution in [0, 0.1) is 5.82 Å². The summed E-state index contributed by atoms with van der Waals surface area (Å²) in [5.41, 5.74) is 3.29. The van der Waals surface area contributed by atoms with E-state index in [1.807, 2.05) is 12.1 Å². The minimum atomic E-state index is -0.258. The Bertz CT molecular complexity index is 1140. The van der Waals surface area contributed by atoms with Crippen LogP contribution in [0.4, 0.5) is 4.39 Å². The second-order valence-electron chi connectivity index (χ2n) is 8.24. The molecule has 1 aliphatic heterocycles. The third kappa shape index (κ3) is 5.38. The van der Waals surface area contributed by atoms with Crippen LogP contribution in [0.5, 0.6) is 0 Å². The van der Waals surface area contributed by atoms with E-state index in [0.717, 1.165) is 55.9 Å². The maximum absolute atomic E-state index is 13.6. The van der Waals surface area contributed by atoms with Gasteiger partial charge >= 0.3 is 0 Å². The van der Waals surface area contributed by atoms with Crippen molar-refractivity contribution in [1.82, 2.24) is 19.7 Å². The smallest absolute Gasteiger partial charge is 0.192 e. The Hall–Kier alpha value is -3.00. The quantitative estimate of drug-likeness (QED) is 0.324. The zero-order chi connectivity index (χ0) is 23.2. The van der Waals surface area contributed by atoms with Gasteiger partial charge in [0.25, 0.3) is 0 Å². The SMILES string of the molecule is Fc1ccc(-c2nnc(SC(c3ccccc3)c3ccccc3)n2CCN2CCOCC2)cc1. The predicted octanol–water partition coefficient (Wildman–Crippen LogP) is 5.30. The molecule has 0 atom stereocenters. The summed E-state index contributed by atoms with van der Waals surface area (Å²) >= 11 is 1.70. The highest BCUT2D eigenvalue weighted by molar-refractivity contribution is 7.99.